The normalized spacial score (nSPS) is 11.4. The molecule has 1 nitrogen and oxygen atoms in total. The molecule has 28 heavy (non-hydrogen) atoms. The fourth-order valence-electron chi connectivity index (χ4n) is 3.12. The molecule has 4 heteroatoms. The average molecular weight is 375 g/mol. The lowest BCUT2D eigenvalue weighted by Crippen LogP contribution is -2.04. The summed E-state index contributed by atoms with van der Waals surface area (Å²) in [6, 6.07) is 26.7. The van der Waals surface area contributed by atoms with Gasteiger partial charge in [0.25, 0.3) is 0 Å². The zero-order valence-electron chi connectivity index (χ0n) is 14.8. The first-order chi connectivity index (χ1) is 13.5. The molecular weight excluding hydrogens is 359 g/mol. The number of pyridine rings is 1. The maximum absolute atomic E-state index is 13.0. The second-order valence-electron chi connectivity index (χ2n) is 6.45. The van der Waals surface area contributed by atoms with Crippen LogP contribution in [0.1, 0.15) is 5.56 Å². The van der Waals surface area contributed by atoms with Crippen LogP contribution in [0.15, 0.2) is 97.2 Å². The molecule has 3 aromatic carbocycles. The van der Waals surface area contributed by atoms with E-state index in [1.807, 2.05) is 66.7 Å². The van der Waals surface area contributed by atoms with Gasteiger partial charge < -0.3 is 0 Å². The van der Waals surface area contributed by atoms with Crippen molar-refractivity contribution in [3.8, 4) is 33.5 Å². The van der Waals surface area contributed by atoms with E-state index in [1.54, 1.807) is 12.3 Å². The molecule has 0 saturated carbocycles. The Balaban J connectivity index is 1.66. The lowest BCUT2D eigenvalue weighted by molar-refractivity contribution is -0.137. The van der Waals surface area contributed by atoms with Gasteiger partial charge in [-0.15, -0.1) is 0 Å². The third-order valence-corrected chi connectivity index (χ3v) is 4.56. The summed E-state index contributed by atoms with van der Waals surface area (Å²) in [5, 5.41) is 0. The van der Waals surface area contributed by atoms with Crippen LogP contribution >= 0.6 is 0 Å². The van der Waals surface area contributed by atoms with E-state index >= 15 is 0 Å². The molecule has 4 aromatic rings. The average Bonchev–Trinajstić information content (AvgIpc) is 2.74. The van der Waals surface area contributed by atoms with Crippen molar-refractivity contribution in [3.05, 3.63) is 103 Å². The monoisotopic (exact) mass is 375 g/mol. The molecule has 0 fully saturated rings. The molecule has 0 aliphatic carbocycles. The van der Waals surface area contributed by atoms with Crippen molar-refractivity contribution in [2.45, 2.75) is 6.18 Å². The van der Waals surface area contributed by atoms with Crippen molar-refractivity contribution in [2.75, 3.05) is 0 Å². The van der Waals surface area contributed by atoms with Crippen LogP contribution in [0.4, 0.5) is 13.2 Å². The van der Waals surface area contributed by atoms with Crippen molar-refractivity contribution in [3.63, 3.8) is 0 Å². The number of alkyl halides is 3. The second-order valence-corrected chi connectivity index (χ2v) is 6.45. The molecule has 0 atom stereocenters. The number of hydrogen-bond donors (Lipinski definition) is 0. The SMILES string of the molecule is FC(F)(F)c1cccc(-c2cccc(-c3ccc(-c4ccccn4)cc3)c2)c1. The minimum atomic E-state index is -4.35. The Hall–Kier alpha value is -3.40. The summed E-state index contributed by atoms with van der Waals surface area (Å²) in [6.45, 7) is 0. The van der Waals surface area contributed by atoms with Gasteiger partial charge in [0.2, 0.25) is 0 Å². The molecule has 0 radical (unpaired) electrons. The minimum Gasteiger partial charge on any atom is -0.256 e. The molecule has 0 bridgehead atoms. The van der Waals surface area contributed by atoms with Gasteiger partial charge in [0, 0.05) is 11.8 Å². The quantitative estimate of drug-likeness (QED) is 0.372. The van der Waals surface area contributed by atoms with E-state index in [9.17, 15) is 13.2 Å². The van der Waals surface area contributed by atoms with Crippen LogP contribution in [0.3, 0.4) is 0 Å². The van der Waals surface area contributed by atoms with Crippen LogP contribution in [0.5, 0.6) is 0 Å². The Morgan fingerprint density at radius 3 is 1.79 bits per heavy atom. The summed E-state index contributed by atoms with van der Waals surface area (Å²) in [5.41, 5.74) is 4.50. The topological polar surface area (TPSA) is 12.9 Å². The van der Waals surface area contributed by atoms with Gasteiger partial charge in [-0.1, -0.05) is 60.7 Å². The zero-order chi connectivity index (χ0) is 19.6. The molecule has 1 aromatic heterocycles. The van der Waals surface area contributed by atoms with Crippen molar-refractivity contribution in [1.29, 1.82) is 0 Å². The Morgan fingerprint density at radius 1 is 0.536 bits per heavy atom. The van der Waals surface area contributed by atoms with Crippen LogP contribution in [0, 0.1) is 0 Å². The molecule has 4 rings (SSSR count). The maximum atomic E-state index is 13.0. The lowest BCUT2D eigenvalue weighted by Gasteiger charge is -2.10. The van der Waals surface area contributed by atoms with E-state index in [1.165, 1.54) is 12.1 Å². The maximum Gasteiger partial charge on any atom is 0.416 e. The smallest absolute Gasteiger partial charge is 0.256 e. The summed E-state index contributed by atoms with van der Waals surface area (Å²) in [6.07, 6.45) is -2.60. The van der Waals surface area contributed by atoms with E-state index in [4.69, 9.17) is 0 Å². The second kappa shape index (κ2) is 7.31. The molecule has 0 aliphatic heterocycles. The number of aromatic nitrogens is 1. The molecule has 0 saturated heterocycles. The molecule has 138 valence electrons. The third kappa shape index (κ3) is 3.81. The van der Waals surface area contributed by atoms with Crippen molar-refractivity contribution >= 4 is 0 Å². The zero-order valence-corrected chi connectivity index (χ0v) is 14.8. The Kier molecular flexibility index (Phi) is 4.70. The number of hydrogen-bond acceptors (Lipinski definition) is 1. The molecule has 0 spiro atoms. The lowest BCUT2D eigenvalue weighted by atomic mass is 9.97. The molecule has 1 heterocycles. The van der Waals surface area contributed by atoms with Crippen LogP contribution in [0.2, 0.25) is 0 Å². The molecule has 0 amide bonds. The van der Waals surface area contributed by atoms with Crippen molar-refractivity contribution < 1.29 is 13.2 Å². The van der Waals surface area contributed by atoms with Crippen molar-refractivity contribution in [1.82, 2.24) is 4.98 Å². The number of benzene rings is 3. The number of nitrogens with zero attached hydrogens (tertiary/aromatic N) is 1. The largest absolute Gasteiger partial charge is 0.416 e. The van der Waals surface area contributed by atoms with Crippen molar-refractivity contribution in [2.24, 2.45) is 0 Å². The van der Waals surface area contributed by atoms with Gasteiger partial charge in [0.15, 0.2) is 0 Å². The van der Waals surface area contributed by atoms with Crippen LogP contribution in [-0.2, 0) is 6.18 Å². The highest BCUT2D eigenvalue weighted by Crippen LogP contribution is 2.33. The van der Waals surface area contributed by atoms with Crippen LogP contribution in [-0.4, -0.2) is 4.98 Å². The molecular formula is C24H16F3N. The predicted octanol–water partition coefficient (Wildman–Crippen LogP) is 7.10. The van der Waals surface area contributed by atoms with Gasteiger partial charge in [0.05, 0.1) is 11.3 Å². The molecule has 0 aliphatic rings. The van der Waals surface area contributed by atoms with E-state index < -0.39 is 11.7 Å². The summed E-state index contributed by atoms with van der Waals surface area (Å²) in [7, 11) is 0. The Bertz CT molecular complexity index is 1080. The highest BCUT2D eigenvalue weighted by Gasteiger charge is 2.30. The Labute approximate surface area is 161 Å². The summed E-state index contributed by atoms with van der Waals surface area (Å²) < 4.78 is 39.0. The Morgan fingerprint density at radius 2 is 1.14 bits per heavy atom. The standard InChI is InChI=1S/C24H16F3N/c25-24(26,27)22-8-4-7-21(16-22)20-6-3-5-19(15-20)17-10-12-18(13-11-17)23-9-1-2-14-28-23/h1-16H. The van der Waals surface area contributed by atoms with E-state index in [2.05, 4.69) is 4.98 Å². The van der Waals surface area contributed by atoms with Gasteiger partial charge >= 0.3 is 6.18 Å². The first-order valence-electron chi connectivity index (χ1n) is 8.80. The fourth-order valence-corrected chi connectivity index (χ4v) is 3.12. The summed E-state index contributed by atoms with van der Waals surface area (Å²) in [4.78, 5) is 4.34. The minimum absolute atomic E-state index is 0.543. The van der Waals surface area contributed by atoms with E-state index in [0.29, 0.717) is 5.56 Å². The predicted molar refractivity (Wildman–Crippen MR) is 106 cm³/mol. The van der Waals surface area contributed by atoms with E-state index in [-0.39, 0.29) is 0 Å². The number of halogens is 3. The first-order valence-corrected chi connectivity index (χ1v) is 8.80. The number of rotatable bonds is 3. The van der Waals surface area contributed by atoms with E-state index in [0.717, 1.165) is 34.0 Å². The fraction of sp³-hybridized carbons (Fsp3) is 0.0417. The van der Waals surface area contributed by atoms with Gasteiger partial charge in [-0.25, -0.2) is 0 Å². The summed E-state index contributed by atoms with van der Waals surface area (Å²) in [5.74, 6) is 0. The first kappa shape index (κ1) is 18.0. The summed E-state index contributed by atoms with van der Waals surface area (Å²) >= 11 is 0. The molecule has 0 N–H and O–H groups in total. The highest BCUT2D eigenvalue weighted by atomic mass is 19.4. The van der Waals surface area contributed by atoms with Gasteiger partial charge in [-0.2, -0.15) is 13.2 Å². The van der Waals surface area contributed by atoms with Crippen LogP contribution < -0.4 is 0 Å². The van der Waals surface area contributed by atoms with Gasteiger partial charge in [-0.3, -0.25) is 4.98 Å². The third-order valence-electron chi connectivity index (χ3n) is 4.56. The highest BCUT2D eigenvalue weighted by molar-refractivity contribution is 5.75. The van der Waals surface area contributed by atoms with Gasteiger partial charge in [-0.05, 0) is 52.6 Å². The molecule has 0 unspecified atom stereocenters. The van der Waals surface area contributed by atoms with Gasteiger partial charge in [0.1, 0.15) is 0 Å². The van der Waals surface area contributed by atoms with Crippen LogP contribution in [0.25, 0.3) is 33.5 Å².